The van der Waals surface area contributed by atoms with E-state index < -0.39 is 30.8 Å². The van der Waals surface area contributed by atoms with Crippen molar-refractivity contribution in [3.05, 3.63) is 54.1 Å². The van der Waals surface area contributed by atoms with Gasteiger partial charge in [-0.15, -0.1) is 11.6 Å². The Bertz CT molecular complexity index is 985. The maximum atomic E-state index is 12.2. The summed E-state index contributed by atoms with van der Waals surface area (Å²) in [4.78, 5) is 11.8. The summed E-state index contributed by atoms with van der Waals surface area (Å²) < 4.78 is 54.8. The van der Waals surface area contributed by atoms with Gasteiger partial charge in [0.05, 0.1) is 10.6 Å². The lowest BCUT2D eigenvalue weighted by Gasteiger charge is -2.08. The van der Waals surface area contributed by atoms with Gasteiger partial charge in [0.25, 0.3) is 16.0 Å². The Morgan fingerprint density at radius 1 is 1.16 bits per heavy atom. The fourth-order valence-corrected chi connectivity index (χ4v) is 3.99. The molecule has 1 radical (unpaired) electrons. The zero-order valence-electron chi connectivity index (χ0n) is 12.6. The van der Waals surface area contributed by atoms with Gasteiger partial charge in [-0.2, -0.15) is 8.42 Å². The molecule has 0 aromatic heterocycles. The van der Waals surface area contributed by atoms with Crippen LogP contribution in [-0.4, -0.2) is 38.9 Å². The number of halogens is 1. The van der Waals surface area contributed by atoms with E-state index in [1.165, 1.54) is 36.4 Å². The summed E-state index contributed by atoms with van der Waals surface area (Å²) in [6.07, 6.45) is 0. The van der Waals surface area contributed by atoms with Crippen LogP contribution in [0.3, 0.4) is 0 Å². The second-order valence-corrected chi connectivity index (χ2v) is 8.78. The van der Waals surface area contributed by atoms with Gasteiger partial charge in [-0.05, 0) is 36.4 Å². The number of nitrogens with one attached hydrogen (secondary N) is 1. The lowest BCUT2D eigenvalue weighted by atomic mass is 10.2. The van der Waals surface area contributed by atoms with Crippen molar-refractivity contribution in [2.45, 2.75) is 9.79 Å². The number of benzene rings is 2. The third-order valence-corrected chi connectivity index (χ3v) is 6.06. The number of anilines is 1. The van der Waals surface area contributed by atoms with Gasteiger partial charge < -0.3 is 5.32 Å². The SMILES string of the molecule is O=C(Nc1c[c]c(S(=O)(=O)O)cc1)c1cccc(S(=O)(=O)CCCl)c1. The Hall–Kier alpha value is -1.94. The predicted molar refractivity (Wildman–Crippen MR) is 92.3 cm³/mol. The van der Waals surface area contributed by atoms with Crippen molar-refractivity contribution in [1.29, 1.82) is 0 Å². The second-order valence-electron chi connectivity index (χ2n) is 4.91. The van der Waals surface area contributed by atoms with Crippen LogP contribution in [0.15, 0.2) is 52.3 Å². The van der Waals surface area contributed by atoms with Crippen LogP contribution in [0.5, 0.6) is 0 Å². The highest BCUT2D eigenvalue weighted by molar-refractivity contribution is 7.91. The number of sulfone groups is 1. The molecule has 0 bridgehead atoms. The van der Waals surface area contributed by atoms with E-state index in [2.05, 4.69) is 11.4 Å². The molecular formula is C15H13ClNO6S2. The smallest absolute Gasteiger partial charge is 0.295 e. The zero-order valence-corrected chi connectivity index (χ0v) is 15.0. The van der Waals surface area contributed by atoms with Gasteiger partial charge in [0, 0.05) is 23.2 Å². The van der Waals surface area contributed by atoms with E-state index in [1.54, 1.807) is 0 Å². The van der Waals surface area contributed by atoms with Crippen LogP contribution < -0.4 is 5.32 Å². The average Bonchev–Trinajstić information content (AvgIpc) is 2.54. The summed E-state index contributed by atoms with van der Waals surface area (Å²) in [5.74, 6) is -0.892. The van der Waals surface area contributed by atoms with Crippen LogP contribution in [0.4, 0.5) is 5.69 Å². The van der Waals surface area contributed by atoms with Crippen molar-refractivity contribution in [2.75, 3.05) is 16.9 Å². The normalized spacial score (nSPS) is 11.9. The Labute approximate surface area is 150 Å². The Balaban J connectivity index is 2.22. The molecule has 1 amide bonds. The van der Waals surface area contributed by atoms with Crippen LogP contribution >= 0.6 is 11.6 Å². The van der Waals surface area contributed by atoms with Gasteiger partial charge in [-0.3, -0.25) is 9.35 Å². The predicted octanol–water partition coefficient (Wildman–Crippen LogP) is 2.00. The molecule has 2 aromatic carbocycles. The van der Waals surface area contributed by atoms with Crippen molar-refractivity contribution in [3.8, 4) is 0 Å². The summed E-state index contributed by atoms with van der Waals surface area (Å²) >= 11 is 5.47. The van der Waals surface area contributed by atoms with Crippen molar-refractivity contribution < 1.29 is 26.2 Å². The Morgan fingerprint density at radius 2 is 1.88 bits per heavy atom. The van der Waals surface area contributed by atoms with E-state index in [9.17, 15) is 21.6 Å². The Morgan fingerprint density at radius 3 is 2.44 bits per heavy atom. The average molecular weight is 403 g/mol. The molecule has 0 atom stereocenters. The maximum Gasteiger partial charge on any atom is 0.295 e. The van der Waals surface area contributed by atoms with E-state index >= 15 is 0 Å². The fraction of sp³-hybridized carbons (Fsp3) is 0.133. The molecule has 2 aromatic rings. The minimum absolute atomic E-state index is 0.0194. The number of rotatable bonds is 6. The molecule has 0 unspecified atom stereocenters. The first-order valence-electron chi connectivity index (χ1n) is 6.83. The number of carbonyl (C=O) groups is 1. The van der Waals surface area contributed by atoms with Gasteiger partial charge in [0.1, 0.15) is 4.90 Å². The Kier molecular flexibility index (Phi) is 5.83. The van der Waals surface area contributed by atoms with Crippen LogP contribution in [0, 0.1) is 6.07 Å². The molecule has 133 valence electrons. The van der Waals surface area contributed by atoms with Crippen molar-refractivity contribution in [3.63, 3.8) is 0 Å². The molecular weight excluding hydrogens is 390 g/mol. The van der Waals surface area contributed by atoms with Crippen LogP contribution in [-0.2, 0) is 20.0 Å². The highest BCUT2D eigenvalue weighted by Crippen LogP contribution is 2.17. The fourth-order valence-electron chi connectivity index (χ4n) is 1.90. The molecule has 2 N–H and O–H groups in total. The van der Waals surface area contributed by atoms with Gasteiger partial charge in [0.15, 0.2) is 9.84 Å². The molecule has 0 aliphatic heterocycles. The molecule has 0 heterocycles. The van der Waals surface area contributed by atoms with Crippen LogP contribution in [0.2, 0.25) is 0 Å². The van der Waals surface area contributed by atoms with E-state index in [-0.39, 0.29) is 27.8 Å². The monoisotopic (exact) mass is 402 g/mol. The van der Waals surface area contributed by atoms with E-state index in [4.69, 9.17) is 16.2 Å². The number of hydrogen-bond donors (Lipinski definition) is 2. The largest absolute Gasteiger partial charge is 0.322 e. The molecule has 0 aliphatic carbocycles. The third kappa shape index (κ3) is 5.02. The van der Waals surface area contributed by atoms with Gasteiger partial charge in [0.2, 0.25) is 0 Å². The number of hydrogen-bond acceptors (Lipinski definition) is 5. The minimum atomic E-state index is -4.37. The lowest BCUT2D eigenvalue weighted by molar-refractivity contribution is 0.102. The summed E-state index contributed by atoms with van der Waals surface area (Å²) in [6, 6.07) is 11.3. The summed E-state index contributed by atoms with van der Waals surface area (Å²) in [6.45, 7) is 0. The van der Waals surface area contributed by atoms with Crippen molar-refractivity contribution in [2.24, 2.45) is 0 Å². The van der Waals surface area contributed by atoms with Gasteiger partial charge in [-0.25, -0.2) is 8.42 Å². The van der Waals surface area contributed by atoms with Gasteiger partial charge >= 0.3 is 0 Å². The van der Waals surface area contributed by atoms with E-state index in [0.29, 0.717) is 0 Å². The third-order valence-electron chi connectivity index (χ3n) is 3.12. The molecule has 0 saturated carbocycles. The van der Waals surface area contributed by atoms with E-state index in [0.717, 1.165) is 6.07 Å². The summed E-state index contributed by atoms with van der Waals surface area (Å²) in [5.41, 5.74) is 0.334. The molecule has 0 saturated heterocycles. The highest BCUT2D eigenvalue weighted by atomic mass is 35.5. The first kappa shape index (κ1) is 19.4. The number of carbonyl (C=O) groups excluding carboxylic acids is 1. The van der Waals surface area contributed by atoms with Crippen LogP contribution in [0.25, 0.3) is 0 Å². The molecule has 10 heteroatoms. The molecule has 0 spiro atoms. The van der Waals surface area contributed by atoms with E-state index in [1.807, 2.05) is 0 Å². The lowest BCUT2D eigenvalue weighted by Crippen LogP contribution is -2.14. The maximum absolute atomic E-state index is 12.2. The molecule has 2 rings (SSSR count). The van der Waals surface area contributed by atoms with Crippen molar-refractivity contribution >= 4 is 43.2 Å². The molecule has 25 heavy (non-hydrogen) atoms. The second kappa shape index (κ2) is 7.52. The van der Waals surface area contributed by atoms with Crippen molar-refractivity contribution in [1.82, 2.24) is 0 Å². The number of alkyl halides is 1. The minimum Gasteiger partial charge on any atom is -0.322 e. The first-order valence-corrected chi connectivity index (χ1v) is 10.5. The van der Waals surface area contributed by atoms with Gasteiger partial charge in [-0.1, -0.05) is 6.07 Å². The zero-order chi connectivity index (χ0) is 18.7. The summed E-state index contributed by atoms with van der Waals surface area (Å²) in [5, 5.41) is 2.48. The number of amides is 1. The molecule has 0 aliphatic rings. The first-order chi connectivity index (χ1) is 11.6. The quantitative estimate of drug-likeness (QED) is 0.563. The topological polar surface area (TPSA) is 118 Å². The summed E-state index contributed by atoms with van der Waals surface area (Å²) in [7, 11) is -7.95. The highest BCUT2D eigenvalue weighted by Gasteiger charge is 2.16. The standard InChI is InChI=1S/C15H13ClNO6S2/c16-8-9-24(19,20)14-3-1-2-11(10-14)15(18)17-12-4-6-13(7-5-12)25(21,22)23/h1-6,10H,8-9H2,(H,17,18)(H,21,22,23). The van der Waals surface area contributed by atoms with Crippen LogP contribution in [0.1, 0.15) is 10.4 Å². The molecule has 7 nitrogen and oxygen atoms in total. The molecule has 0 fully saturated rings.